The molecular weight excluding hydrogens is 703 g/mol. The number of aromatic nitrogens is 4. The minimum atomic E-state index is -4.94. The van der Waals surface area contributed by atoms with Crippen molar-refractivity contribution in [1.29, 1.82) is 0 Å². The molecule has 7 rings (SSSR count). The zero-order valence-electron chi connectivity index (χ0n) is 27.5. The van der Waals surface area contributed by atoms with Crippen LogP contribution in [0, 0.1) is 11.8 Å². The number of fused-ring (bicyclic) bond motifs is 1. The lowest BCUT2D eigenvalue weighted by molar-refractivity contribution is -0.141. The van der Waals surface area contributed by atoms with Crippen molar-refractivity contribution in [2.75, 3.05) is 57.7 Å². The van der Waals surface area contributed by atoms with Crippen LogP contribution in [0.3, 0.4) is 0 Å². The molecule has 4 N–H and O–H groups in total. The molecule has 4 heterocycles. The second-order valence-corrected chi connectivity index (χ2v) is 13.9. The van der Waals surface area contributed by atoms with E-state index in [-0.39, 0.29) is 51.7 Å². The number of piperidine rings is 1. The second kappa shape index (κ2) is 13.0. The predicted octanol–water partition coefficient (Wildman–Crippen LogP) is 3.53. The number of rotatable bonds is 9. The van der Waals surface area contributed by atoms with Crippen LogP contribution in [0.1, 0.15) is 45.6 Å². The third-order valence-electron chi connectivity index (χ3n) is 10.1. The van der Waals surface area contributed by atoms with Gasteiger partial charge in [-0.1, -0.05) is 11.6 Å². The van der Waals surface area contributed by atoms with Crippen LogP contribution < -0.4 is 16.4 Å². The molecule has 2 saturated carbocycles. The van der Waals surface area contributed by atoms with E-state index < -0.39 is 47.6 Å². The molecule has 2 saturated heterocycles. The number of hydrogen-bond donors (Lipinski definition) is 3. The molecule has 274 valence electrons. The number of carbonyl (C=O) groups excluding carboxylic acids is 3. The monoisotopic (exact) mass is 738 g/mol. The lowest BCUT2D eigenvalue weighted by Crippen LogP contribution is -2.53. The first-order chi connectivity index (χ1) is 24.2. The number of piperazine rings is 1. The van der Waals surface area contributed by atoms with Gasteiger partial charge in [0.2, 0.25) is 0 Å². The molecule has 2 aromatic heterocycles. The van der Waals surface area contributed by atoms with Gasteiger partial charge in [0, 0.05) is 82.5 Å². The summed E-state index contributed by atoms with van der Waals surface area (Å²) in [5, 5.41) is 9.01. The van der Waals surface area contributed by atoms with Gasteiger partial charge >= 0.3 is 12.2 Å². The molecule has 2 aliphatic heterocycles. The highest BCUT2D eigenvalue weighted by Crippen LogP contribution is 2.53. The first kappa shape index (κ1) is 35.1. The third kappa shape index (κ3) is 6.87. The molecule has 1 aromatic carbocycles. The number of hydrogen-bond acceptors (Lipinski definition) is 7. The highest BCUT2D eigenvalue weighted by atomic mass is 35.5. The van der Waals surface area contributed by atoms with Crippen LogP contribution in [0.15, 0.2) is 30.6 Å². The molecule has 13 nitrogen and oxygen atoms in total. The summed E-state index contributed by atoms with van der Waals surface area (Å²) in [6.45, 7) is 5.70. The molecule has 4 fully saturated rings. The van der Waals surface area contributed by atoms with Crippen molar-refractivity contribution in [3.8, 4) is 11.3 Å². The molecular formula is C32H36ClF5N10O3. The number of imidazole rings is 1. The summed E-state index contributed by atoms with van der Waals surface area (Å²) in [5.41, 5.74) is 3.96. The largest absolute Gasteiger partial charge is 0.435 e. The van der Waals surface area contributed by atoms with E-state index in [1.54, 1.807) is 0 Å². The Morgan fingerprint density at radius 1 is 1.06 bits per heavy atom. The lowest BCUT2D eigenvalue weighted by atomic mass is 10.2. The number of urea groups is 1. The van der Waals surface area contributed by atoms with Crippen molar-refractivity contribution < 1.29 is 36.3 Å². The van der Waals surface area contributed by atoms with Crippen molar-refractivity contribution in [3.05, 3.63) is 52.7 Å². The molecule has 19 heteroatoms. The normalized spacial score (nSPS) is 24.0. The standard InChI is InChI=1S/C32H36ClF5N10O3/c1-44-23(21-16-48(24-12-31(24,34)35)43-26(21)32(36,37)38)13-40-27(44)29(50)41-17-3-4-18(22(33)11-17)28(49)42-25-19-14-47(15-20(19)25)30(51)46-9-7-45(8-10-46)6-2-5-39/h3-4,11,13,16,19-20,24-25H,2,5-10,12,14-15,39H2,1H3,(H,41,50)(H,42,49). The quantitative estimate of drug-likeness (QED) is 0.285. The summed E-state index contributed by atoms with van der Waals surface area (Å²) in [6.07, 6.45) is -2.71. The zero-order chi connectivity index (χ0) is 36.4. The van der Waals surface area contributed by atoms with Crippen molar-refractivity contribution in [2.24, 2.45) is 24.6 Å². The van der Waals surface area contributed by atoms with E-state index in [9.17, 15) is 36.3 Å². The number of anilines is 1. The topological polar surface area (TPSA) is 147 Å². The minimum Gasteiger partial charge on any atom is -0.349 e. The van der Waals surface area contributed by atoms with Crippen LogP contribution in [-0.2, 0) is 13.2 Å². The van der Waals surface area contributed by atoms with Gasteiger partial charge in [-0.3, -0.25) is 19.2 Å². The average molecular weight is 739 g/mol. The van der Waals surface area contributed by atoms with Gasteiger partial charge in [-0.15, -0.1) is 0 Å². The Labute approximate surface area is 293 Å². The van der Waals surface area contributed by atoms with Gasteiger partial charge in [-0.2, -0.15) is 18.3 Å². The van der Waals surface area contributed by atoms with Crippen molar-refractivity contribution in [2.45, 2.75) is 37.0 Å². The number of likely N-dealkylation sites (tertiary alicyclic amines) is 1. The highest BCUT2D eigenvalue weighted by molar-refractivity contribution is 6.34. The summed E-state index contributed by atoms with van der Waals surface area (Å²) < 4.78 is 70.2. The molecule has 4 aliphatic rings. The predicted molar refractivity (Wildman–Crippen MR) is 174 cm³/mol. The van der Waals surface area contributed by atoms with Crippen molar-refractivity contribution >= 4 is 35.1 Å². The minimum absolute atomic E-state index is 0.0243. The number of nitrogens with zero attached hydrogens (tertiary/aromatic N) is 7. The number of benzene rings is 1. The molecule has 3 atom stereocenters. The molecule has 3 unspecified atom stereocenters. The van der Waals surface area contributed by atoms with Crippen molar-refractivity contribution in [3.63, 3.8) is 0 Å². The van der Waals surface area contributed by atoms with Gasteiger partial charge in [0.05, 0.1) is 28.0 Å². The fourth-order valence-electron chi connectivity index (χ4n) is 7.07. The lowest BCUT2D eigenvalue weighted by Gasteiger charge is -2.37. The highest BCUT2D eigenvalue weighted by Gasteiger charge is 2.60. The molecule has 4 amide bonds. The molecule has 2 aliphatic carbocycles. The van der Waals surface area contributed by atoms with Crippen LogP contribution >= 0.6 is 11.6 Å². The van der Waals surface area contributed by atoms with Gasteiger partial charge in [0.15, 0.2) is 11.5 Å². The van der Waals surface area contributed by atoms with Crippen LogP contribution in [0.25, 0.3) is 11.3 Å². The number of halogens is 6. The Balaban J connectivity index is 0.935. The maximum absolute atomic E-state index is 13.8. The van der Waals surface area contributed by atoms with Crippen LogP contribution in [0.2, 0.25) is 5.02 Å². The van der Waals surface area contributed by atoms with E-state index in [2.05, 4.69) is 25.6 Å². The Bertz CT molecular complexity index is 1840. The van der Waals surface area contributed by atoms with E-state index in [4.69, 9.17) is 17.3 Å². The second-order valence-electron chi connectivity index (χ2n) is 13.5. The van der Waals surface area contributed by atoms with Crippen LogP contribution in [-0.4, -0.2) is 116 Å². The van der Waals surface area contributed by atoms with E-state index in [0.29, 0.717) is 37.4 Å². The smallest absolute Gasteiger partial charge is 0.349 e. The van der Waals surface area contributed by atoms with E-state index >= 15 is 0 Å². The number of nitrogens with one attached hydrogen (secondary N) is 2. The van der Waals surface area contributed by atoms with Gasteiger partial charge < -0.3 is 30.7 Å². The van der Waals surface area contributed by atoms with Gasteiger partial charge in [0.1, 0.15) is 6.04 Å². The summed E-state index contributed by atoms with van der Waals surface area (Å²) >= 11 is 6.43. The zero-order valence-corrected chi connectivity index (χ0v) is 28.2. The molecule has 0 radical (unpaired) electrons. The maximum atomic E-state index is 13.8. The number of alkyl halides is 5. The number of nitrogens with two attached hydrogens (primary N) is 1. The van der Waals surface area contributed by atoms with E-state index in [1.807, 2.05) is 9.80 Å². The van der Waals surface area contributed by atoms with E-state index in [0.717, 1.165) is 43.0 Å². The maximum Gasteiger partial charge on any atom is 0.435 e. The molecule has 0 bridgehead atoms. The summed E-state index contributed by atoms with van der Waals surface area (Å²) in [7, 11) is 1.31. The fraction of sp³-hybridized carbons (Fsp3) is 0.531. The SMILES string of the molecule is Cn1c(-c2cn(C3CC3(F)F)nc2C(F)(F)F)cnc1C(=O)Nc1ccc(C(=O)NC2C3CN(C(=O)N4CCN(CCCN)CC4)CC32)c(Cl)c1. The summed E-state index contributed by atoms with van der Waals surface area (Å²) in [4.78, 5) is 49.3. The van der Waals surface area contributed by atoms with Crippen molar-refractivity contribution in [1.82, 2.24) is 39.3 Å². The Morgan fingerprint density at radius 2 is 1.75 bits per heavy atom. The van der Waals surface area contributed by atoms with Gasteiger partial charge in [-0.25, -0.2) is 18.6 Å². The number of amides is 4. The van der Waals surface area contributed by atoms with Gasteiger partial charge in [0.25, 0.3) is 17.7 Å². The molecule has 3 aromatic rings. The Morgan fingerprint density at radius 3 is 2.35 bits per heavy atom. The fourth-order valence-corrected chi connectivity index (χ4v) is 7.34. The average Bonchev–Trinajstić information content (AvgIpc) is 3.58. The van der Waals surface area contributed by atoms with E-state index in [1.165, 1.54) is 25.2 Å². The molecule has 51 heavy (non-hydrogen) atoms. The first-order valence-electron chi connectivity index (χ1n) is 16.6. The van der Waals surface area contributed by atoms with Gasteiger partial charge in [-0.05, 0) is 37.7 Å². The Kier molecular flexibility index (Phi) is 8.98. The molecule has 0 spiro atoms. The Hall–Kier alpha value is -4.29. The summed E-state index contributed by atoms with van der Waals surface area (Å²) in [6, 6.07) is 2.71. The summed E-state index contributed by atoms with van der Waals surface area (Å²) in [5.74, 6) is -4.30. The third-order valence-corrected chi connectivity index (χ3v) is 10.4. The van der Waals surface area contributed by atoms with Crippen LogP contribution in [0.4, 0.5) is 32.4 Å². The van der Waals surface area contributed by atoms with Crippen LogP contribution in [0.5, 0.6) is 0 Å². The first-order valence-corrected chi connectivity index (χ1v) is 17.0. The number of carbonyl (C=O) groups is 3.